The van der Waals surface area contributed by atoms with Crippen molar-refractivity contribution >= 4 is 21.6 Å². The summed E-state index contributed by atoms with van der Waals surface area (Å²) < 4.78 is 27.1. The fourth-order valence-corrected chi connectivity index (χ4v) is 5.34. The Morgan fingerprint density at radius 3 is 2.28 bits per heavy atom. The van der Waals surface area contributed by atoms with Crippen molar-refractivity contribution in [1.82, 2.24) is 4.31 Å². The standard InChI is InChI=1S/C19H28N2O3S/c22-19(16-9-4-1-2-5-10-16)20-17-11-8-12-18(15-17)25(23,24)21-13-6-3-7-14-21/h8,11-12,15-16H,1-7,9-10,13-14H2,(H,20,22). The molecule has 138 valence electrons. The van der Waals surface area contributed by atoms with E-state index in [0.29, 0.717) is 18.8 Å². The number of sulfonamides is 1. The minimum Gasteiger partial charge on any atom is -0.326 e. The van der Waals surface area contributed by atoms with Gasteiger partial charge in [0.15, 0.2) is 0 Å². The number of amides is 1. The molecule has 1 heterocycles. The molecule has 6 heteroatoms. The predicted octanol–water partition coefficient (Wildman–Crippen LogP) is 3.77. The van der Waals surface area contributed by atoms with E-state index in [4.69, 9.17) is 0 Å². The molecule has 0 radical (unpaired) electrons. The zero-order chi connectivity index (χ0) is 17.7. The van der Waals surface area contributed by atoms with E-state index in [1.807, 2.05) is 0 Å². The molecule has 1 aromatic carbocycles. The van der Waals surface area contributed by atoms with Gasteiger partial charge in [0.2, 0.25) is 15.9 Å². The number of nitrogens with zero attached hydrogens (tertiary/aromatic N) is 1. The Kier molecular flexibility index (Phi) is 6.12. The van der Waals surface area contributed by atoms with Crippen molar-refractivity contribution in [2.75, 3.05) is 18.4 Å². The van der Waals surface area contributed by atoms with E-state index >= 15 is 0 Å². The number of carbonyl (C=O) groups is 1. The lowest BCUT2D eigenvalue weighted by molar-refractivity contribution is -0.120. The summed E-state index contributed by atoms with van der Waals surface area (Å²) in [4.78, 5) is 12.8. The maximum Gasteiger partial charge on any atom is 0.243 e. The summed E-state index contributed by atoms with van der Waals surface area (Å²) >= 11 is 0. The lowest BCUT2D eigenvalue weighted by Gasteiger charge is -2.26. The quantitative estimate of drug-likeness (QED) is 0.827. The summed E-state index contributed by atoms with van der Waals surface area (Å²) in [5.74, 6) is 0.0688. The van der Waals surface area contributed by atoms with Crippen LogP contribution in [0.15, 0.2) is 29.2 Å². The number of hydrogen-bond acceptors (Lipinski definition) is 3. The Balaban J connectivity index is 1.71. The zero-order valence-electron chi connectivity index (χ0n) is 14.7. The van der Waals surface area contributed by atoms with Gasteiger partial charge >= 0.3 is 0 Å². The van der Waals surface area contributed by atoms with Gasteiger partial charge in [-0.25, -0.2) is 8.42 Å². The van der Waals surface area contributed by atoms with Crippen molar-refractivity contribution in [2.24, 2.45) is 5.92 Å². The van der Waals surface area contributed by atoms with Gasteiger partial charge < -0.3 is 5.32 Å². The smallest absolute Gasteiger partial charge is 0.243 e. The van der Waals surface area contributed by atoms with Crippen molar-refractivity contribution in [3.63, 3.8) is 0 Å². The van der Waals surface area contributed by atoms with E-state index in [1.165, 1.54) is 12.8 Å². The first kappa shape index (κ1) is 18.4. The number of hydrogen-bond donors (Lipinski definition) is 1. The maximum atomic E-state index is 12.8. The van der Waals surface area contributed by atoms with Gasteiger partial charge in [-0.1, -0.05) is 38.2 Å². The molecule has 5 nitrogen and oxygen atoms in total. The fourth-order valence-electron chi connectivity index (χ4n) is 3.77. The van der Waals surface area contributed by atoms with Crippen LogP contribution in [0.1, 0.15) is 57.8 Å². The third kappa shape index (κ3) is 4.61. The molecule has 2 aliphatic rings. The summed E-state index contributed by atoms with van der Waals surface area (Å²) in [7, 11) is -3.47. The van der Waals surface area contributed by atoms with Crippen molar-refractivity contribution in [3.8, 4) is 0 Å². The van der Waals surface area contributed by atoms with Crippen molar-refractivity contribution in [2.45, 2.75) is 62.7 Å². The molecule has 1 aliphatic carbocycles. The number of benzene rings is 1. The normalized spacial score (nSPS) is 20.8. The second-order valence-electron chi connectivity index (χ2n) is 7.17. The number of piperidine rings is 1. The summed E-state index contributed by atoms with van der Waals surface area (Å²) in [5.41, 5.74) is 0.576. The molecule has 1 N–H and O–H groups in total. The van der Waals surface area contributed by atoms with E-state index < -0.39 is 10.0 Å². The molecule has 1 amide bonds. The molecule has 0 unspecified atom stereocenters. The highest BCUT2D eigenvalue weighted by molar-refractivity contribution is 7.89. The molecule has 1 saturated heterocycles. The Morgan fingerprint density at radius 2 is 1.60 bits per heavy atom. The van der Waals surface area contributed by atoms with E-state index in [2.05, 4.69) is 5.32 Å². The van der Waals surface area contributed by atoms with Crippen molar-refractivity contribution in [3.05, 3.63) is 24.3 Å². The van der Waals surface area contributed by atoms with Crippen LogP contribution >= 0.6 is 0 Å². The van der Waals surface area contributed by atoms with Crippen LogP contribution in [0.4, 0.5) is 5.69 Å². The van der Waals surface area contributed by atoms with E-state index in [1.54, 1.807) is 28.6 Å². The number of nitrogens with one attached hydrogen (secondary N) is 1. The first-order valence-corrected chi connectivity index (χ1v) is 10.9. The van der Waals surface area contributed by atoms with Crippen molar-refractivity contribution < 1.29 is 13.2 Å². The number of carbonyl (C=O) groups excluding carboxylic acids is 1. The monoisotopic (exact) mass is 364 g/mol. The first-order valence-electron chi connectivity index (χ1n) is 9.48. The molecular formula is C19H28N2O3S. The van der Waals surface area contributed by atoms with Crippen LogP contribution in [0.3, 0.4) is 0 Å². The Bertz CT molecular complexity index is 688. The molecule has 0 aromatic heterocycles. The lowest BCUT2D eigenvalue weighted by Crippen LogP contribution is -2.35. The Hall–Kier alpha value is -1.40. The average Bonchev–Trinajstić information content (AvgIpc) is 2.92. The largest absolute Gasteiger partial charge is 0.326 e. The highest BCUT2D eigenvalue weighted by atomic mass is 32.2. The molecule has 0 spiro atoms. The van der Waals surface area contributed by atoms with E-state index in [9.17, 15) is 13.2 Å². The highest BCUT2D eigenvalue weighted by Crippen LogP contribution is 2.26. The molecule has 1 aliphatic heterocycles. The van der Waals surface area contributed by atoms with Crippen LogP contribution in [0.2, 0.25) is 0 Å². The van der Waals surface area contributed by atoms with Gasteiger partial charge in [-0.3, -0.25) is 4.79 Å². The SMILES string of the molecule is O=C(Nc1cccc(S(=O)(=O)N2CCCCC2)c1)C1CCCCCC1. The first-order chi connectivity index (χ1) is 12.1. The van der Waals surface area contributed by atoms with Gasteiger partial charge in [0.05, 0.1) is 4.90 Å². The fraction of sp³-hybridized carbons (Fsp3) is 0.632. The molecule has 1 saturated carbocycles. The van der Waals surface area contributed by atoms with Gasteiger partial charge in [-0.15, -0.1) is 0 Å². The average molecular weight is 365 g/mol. The van der Waals surface area contributed by atoms with Gasteiger partial charge in [0.25, 0.3) is 0 Å². The summed E-state index contributed by atoms with van der Waals surface area (Å²) in [6, 6.07) is 6.69. The third-order valence-corrected chi connectivity index (χ3v) is 7.17. The minimum atomic E-state index is -3.47. The van der Waals surface area contributed by atoms with Crippen LogP contribution in [0.5, 0.6) is 0 Å². The predicted molar refractivity (Wildman–Crippen MR) is 98.9 cm³/mol. The molecular weight excluding hydrogens is 336 g/mol. The van der Waals surface area contributed by atoms with Crippen LogP contribution in [-0.2, 0) is 14.8 Å². The minimum absolute atomic E-state index is 0.0226. The molecule has 3 rings (SSSR count). The van der Waals surface area contributed by atoms with Crippen LogP contribution in [0, 0.1) is 5.92 Å². The Morgan fingerprint density at radius 1 is 0.960 bits per heavy atom. The summed E-state index contributed by atoms with van der Waals surface area (Å²) in [6.45, 7) is 1.17. The molecule has 25 heavy (non-hydrogen) atoms. The van der Waals surface area contributed by atoms with Crippen LogP contribution < -0.4 is 5.32 Å². The third-order valence-electron chi connectivity index (χ3n) is 5.28. The van der Waals surface area contributed by atoms with E-state index in [0.717, 1.165) is 44.9 Å². The maximum absolute atomic E-state index is 12.8. The summed E-state index contributed by atoms with van der Waals surface area (Å²) in [6.07, 6.45) is 9.37. The topological polar surface area (TPSA) is 66.5 Å². The Labute approximate surface area is 150 Å². The van der Waals surface area contributed by atoms with E-state index in [-0.39, 0.29) is 16.7 Å². The van der Waals surface area contributed by atoms with Gasteiger partial charge in [0, 0.05) is 24.7 Å². The van der Waals surface area contributed by atoms with Crippen molar-refractivity contribution in [1.29, 1.82) is 0 Å². The molecule has 2 fully saturated rings. The van der Waals surface area contributed by atoms with Gasteiger partial charge in [0.1, 0.15) is 0 Å². The van der Waals surface area contributed by atoms with Crippen LogP contribution in [-0.4, -0.2) is 31.7 Å². The molecule has 1 aromatic rings. The van der Waals surface area contributed by atoms with Gasteiger partial charge in [-0.2, -0.15) is 4.31 Å². The second-order valence-corrected chi connectivity index (χ2v) is 9.11. The van der Waals surface area contributed by atoms with Gasteiger partial charge in [-0.05, 0) is 43.9 Å². The lowest BCUT2D eigenvalue weighted by atomic mass is 9.99. The molecule has 0 atom stereocenters. The highest BCUT2D eigenvalue weighted by Gasteiger charge is 2.26. The number of rotatable bonds is 4. The number of anilines is 1. The van der Waals surface area contributed by atoms with Crippen LogP contribution in [0.25, 0.3) is 0 Å². The zero-order valence-corrected chi connectivity index (χ0v) is 15.6. The second kappa shape index (κ2) is 8.32. The molecule has 0 bridgehead atoms. The summed E-state index contributed by atoms with van der Waals surface area (Å²) in [5, 5.41) is 2.93.